The number of rotatable bonds is 6. The van der Waals surface area contributed by atoms with Crippen molar-refractivity contribution in [1.82, 2.24) is 14.7 Å². The highest BCUT2D eigenvalue weighted by Gasteiger charge is 2.30. The molecule has 1 saturated heterocycles. The number of carboxylic acids is 1. The maximum absolute atomic E-state index is 11.6. The molecule has 5 heteroatoms. The van der Waals surface area contributed by atoms with E-state index in [9.17, 15) is 9.90 Å². The van der Waals surface area contributed by atoms with E-state index in [1.807, 2.05) is 41.1 Å². The number of aromatic nitrogens is 2. The van der Waals surface area contributed by atoms with Gasteiger partial charge in [-0.3, -0.25) is 14.4 Å². The number of benzene rings is 2. The molecule has 29 heavy (non-hydrogen) atoms. The summed E-state index contributed by atoms with van der Waals surface area (Å²) in [6.07, 6.45) is 2.87. The Morgan fingerprint density at radius 3 is 2.41 bits per heavy atom. The topological polar surface area (TPSA) is 58.4 Å². The molecule has 150 valence electrons. The van der Waals surface area contributed by atoms with Crippen LogP contribution in [0, 0.1) is 11.8 Å². The van der Waals surface area contributed by atoms with Crippen molar-refractivity contribution in [2.24, 2.45) is 11.8 Å². The fraction of sp³-hybridized carbons (Fsp3) is 0.333. The second-order valence-corrected chi connectivity index (χ2v) is 8.12. The summed E-state index contributed by atoms with van der Waals surface area (Å²) in [7, 11) is 0. The molecule has 0 aliphatic carbocycles. The van der Waals surface area contributed by atoms with E-state index in [0.717, 1.165) is 36.3 Å². The van der Waals surface area contributed by atoms with E-state index in [1.54, 1.807) is 0 Å². The third kappa shape index (κ3) is 4.74. The molecule has 1 aromatic heterocycles. The highest BCUT2D eigenvalue weighted by Crippen LogP contribution is 2.27. The van der Waals surface area contributed by atoms with Gasteiger partial charge in [0, 0.05) is 37.0 Å². The lowest BCUT2D eigenvalue weighted by molar-refractivity contribution is -0.144. The Bertz CT molecular complexity index is 953. The normalized spacial score (nSPS) is 19.9. The Morgan fingerprint density at radius 1 is 1.03 bits per heavy atom. The number of aliphatic carboxylic acids is 1. The standard InChI is InChI=1S/C24H27N3O2/c1-18-12-21(24(28)29)15-26(13-18)16-22-17-27(14-19-8-4-2-5-9-19)25-23(22)20-10-6-3-7-11-20/h2-11,17-18,21H,12-16H2,1H3,(H,28,29). The van der Waals surface area contributed by atoms with Crippen LogP contribution in [0.25, 0.3) is 11.3 Å². The number of hydrogen-bond acceptors (Lipinski definition) is 3. The first-order valence-corrected chi connectivity index (χ1v) is 10.2. The molecule has 0 amide bonds. The van der Waals surface area contributed by atoms with Crippen LogP contribution in [0.2, 0.25) is 0 Å². The Morgan fingerprint density at radius 2 is 1.72 bits per heavy atom. The molecule has 1 aliphatic heterocycles. The first-order chi connectivity index (χ1) is 14.1. The van der Waals surface area contributed by atoms with E-state index >= 15 is 0 Å². The summed E-state index contributed by atoms with van der Waals surface area (Å²) >= 11 is 0. The summed E-state index contributed by atoms with van der Waals surface area (Å²) in [4.78, 5) is 13.8. The Labute approximate surface area is 171 Å². The molecule has 5 nitrogen and oxygen atoms in total. The van der Waals surface area contributed by atoms with Crippen molar-refractivity contribution in [2.45, 2.75) is 26.4 Å². The second-order valence-electron chi connectivity index (χ2n) is 8.12. The number of carbonyl (C=O) groups is 1. The number of carboxylic acid groups (broad SMARTS) is 1. The Kier molecular flexibility index (Phi) is 5.76. The first-order valence-electron chi connectivity index (χ1n) is 10.2. The molecular weight excluding hydrogens is 362 g/mol. The SMILES string of the molecule is CC1CC(C(=O)O)CN(Cc2cn(Cc3ccccc3)nc2-c2ccccc2)C1. The first kappa shape index (κ1) is 19.4. The van der Waals surface area contributed by atoms with E-state index in [4.69, 9.17) is 5.10 Å². The number of nitrogens with zero attached hydrogens (tertiary/aromatic N) is 3. The van der Waals surface area contributed by atoms with Crippen LogP contribution in [0.1, 0.15) is 24.5 Å². The number of hydrogen-bond donors (Lipinski definition) is 1. The van der Waals surface area contributed by atoms with E-state index in [1.165, 1.54) is 5.56 Å². The largest absolute Gasteiger partial charge is 0.481 e. The molecule has 0 bridgehead atoms. The summed E-state index contributed by atoms with van der Waals surface area (Å²) < 4.78 is 2.00. The van der Waals surface area contributed by atoms with Gasteiger partial charge in [-0.1, -0.05) is 67.6 Å². The third-order valence-corrected chi connectivity index (χ3v) is 5.55. The molecule has 1 fully saturated rings. The molecule has 0 spiro atoms. The van der Waals surface area contributed by atoms with E-state index in [-0.39, 0.29) is 5.92 Å². The van der Waals surface area contributed by atoms with Crippen LogP contribution in [0.5, 0.6) is 0 Å². The minimum absolute atomic E-state index is 0.293. The van der Waals surface area contributed by atoms with Gasteiger partial charge in [0.25, 0.3) is 0 Å². The molecule has 3 aromatic rings. The van der Waals surface area contributed by atoms with Crippen molar-refractivity contribution in [1.29, 1.82) is 0 Å². The van der Waals surface area contributed by atoms with Crippen LogP contribution in [0.3, 0.4) is 0 Å². The van der Waals surface area contributed by atoms with Crippen LogP contribution in [0.4, 0.5) is 0 Å². The van der Waals surface area contributed by atoms with Gasteiger partial charge in [-0.05, 0) is 17.9 Å². The van der Waals surface area contributed by atoms with Gasteiger partial charge in [-0.25, -0.2) is 0 Å². The highest BCUT2D eigenvalue weighted by molar-refractivity contribution is 5.70. The lowest BCUT2D eigenvalue weighted by atomic mass is 9.90. The Hall–Kier alpha value is -2.92. The van der Waals surface area contributed by atoms with Gasteiger partial charge in [0.1, 0.15) is 0 Å². The average Bonchev–Trinajstić information content (AvgIpc) is 3.11. The van der Waals surface area contributed by atoms with Crippen LogP contribution in [-0.2, 0) is 17.9 Å². The van der Waals surface area contributed by atoms with Crippen molar-refractivity contribution in [3.05, 3.63) is 78.0 Å². The quantitative estimate of drug-likeness (QED) is 0.688. The van der Waals surface area contributed by atoms with Gasteiger partial charge in [0.2, 0.25) is 0 Å². The summed E-state index contributed by atoms with van der Waals surface area (Å²) in [5, 5.41) is 14.4. The van der Waals surface area contributed by atoms with E-state index in [2.05, 4.69) is 42.3 Å². The summed E-state index contributed by atoms with van der Waals surface area (Å²) in [5.41, 5.74) is 4.42. The maximum atomic E-state index is 11.6. The van der Waals surface area contributed by atoms with E-state index < -0.39 is 5.97 Å². The van der Waals surface area contributed by atoms with Crippen LogP contribution >= 0.6 is 0 Å². The number of piperidine rings is 1. The molecule has 2 heterocycles. The highest BCUT2D eigenvalue weighted by atomic mass is 16.4. The molecule has 2 atom stereocenters. The summed E-state index contributed by atoms with van der Waals surface area (Å²) in [6, 6.07) is 20.5. The van der Waals surface area contributed by atoms with Gasteiger partial charge >= 0.3 is 5.97 Å². The second kappa shape index (κ2) is 8.62. The smallest absolute Gasteiger partial charge is 0.307 e. The summed E-state index contributed by atoms with van der Waals surface area (Å²) in [5.74, 6) is -0.604. The zero-order chi connectivity index (χ0) is 20.2. The predicted molar refractivity (Wildman–Crippen MR) is 113 cm³/mol. The van der Waals surface area contributed by atoms with Gasteiger partial charge in [-0.2, -0.15) is 5.10 Å². The van der Waals surface area contributed by atoms with Crippen LogP contribution in [0.15, 0.2) is 66.9 Å². The molecule has 4 rings (SSSR count). The molecule has 0 saturated carbocycles. The van der Waals surface area contributed by atoms with Crippen molar-refractivity contribution < 1.29 is 9.90 Å². The fourth-order valence-corrected chi connectivity index (χ4v) is 4.28. The van der Waals surface area contributed by atoms with Gasteiger partial charge in [0.05, 0.1) is 18.2 Å². The van der Waals surface area contributed by atoms with Crippen LogP contribution in [-0.4, -0.2) is 38.8 Å². The fourth-order valence-electron chi connectivity index (χ4n) is 4.28. The van der Waals surface area contributed by atoms with Gasteiger partial charge in [0.15, 0.2) is 0 Å². The number of likely N-dealkylation sites (tertiary alicyclic amines) is 1. The van der Waals surface area contributed by atoms with Gasteiger partial charge in [-0.15, -0.1) is 0 Å². The third-order valence-electron chi connectivity index (χ3n) is 5.55. The molecule has 1 aliphatic rings. The Balaban J connectivity index is 1.61. The molecule has 0 radical (unpaired) electrons. The van der Waals surface area contributed by atoms with Crippen molar-refractivity contribution in [2.75, 3.05) is 13.1 Å². The summed E-state index contributed by atoms with van der Waals surface area (Å²) in [6.45, 7) is 5.08. The molecular formula is C24H27N3O2. The van der Waals surface area contributed by atoms with Gasteiger partial charge < -0.3 is 5.11 Å². The monoisotopic (exact) mass is 389 g/mol. The zero-order valence-corrected chi connectivity index (χ0v) is 16.7. The lowest BCUT2D eigenvalue weighted by Gasteiger charge is -2.34. The van der Waals surface area contributed by atoms with Crippen molar-refractivity contribution in [3.63, 3.8) is 0 Å². The minimum atomic E-state index is -0.690. The van der Waals surface area contributed by atoms with Crippen molar-refractivity contribution >= 4 is 5.97 Å². The lowest BCUT2D eigenvalue weighted by Crippen LogP contribution is -2.41. The van der Waals surface area contributed by atoms with Crippen LogP contribution < -0.4 is 0 Å². The maximum Gasteiger partial charge on any atom is 0.307 e. The minimum Gasteiger partial charge on any atom is -0.481 e. The van der Waals surface area contributed by atoms with E-state index in [0.29, 0.717) is 19.0 Å². The van der Waals surface area contributed by atoms with Crippen molar-refractivity contribution in [3.8, 4) is 11.3 Å². The zero-order valence-electron chi connectivity index (χ0n) is 16.7. The molecule has 2 unspecified atom stereocenters. The molecule has 1 N–H and O–H groups in total. The average molecular weight is 389 g/mol. The molecule has 2 aromatic carbocycles. The predicted octanol–water partition coefficient (Wildman–Crippen LogP) is 4.14.